The van der Waals surface area contributed by atoms with E-state index in [-0.39, 0.29) is 21.5 Å². The van der Waals surface area contributed by atoms with E-state index in [1.807, 2.05) is 0 Å². The Balaban J connectivity index is 2.83. The van der Waals surface area contributed by atoms with Crippen LogP contribution in [0.2, 0.25) is 10.0 Å². The second kappa shape index (κ2) is 6.38. The maximum atomic E-state index is 11.8. The second-order valence-corrected chi connectivity index (χ2v) is 5.87. The Morgan fingerprint density at radius 2 is 1.83 bits per heavy atom. The SMILES string of the molecule is CCOC(=O)CNS(=O)(=O)c1cc(Cl)cc(Cl)c1. The fourth-order valence-electron chi connectivity index (χ4n) is 1.13. The quantitative estimate of drug-likeness (QED) is 0.842. The summed E-state index contributed by atoms with van der Waals surface area (Å²) in [5.74, 6) is -0.658. The molecular weight excluding hydrogens is 301 g/mol. The minimum Gasteiger partial charge on any atom is -0.465 e. The highest BCUT2D eigenvalue weighted by molar-refractivity contribution is 7.89. The van der Waals surface area contributed by atoms with Crippen molar-refractivity contribution in [2.45, 2.75) is 11.8 Å². The van der Waals surface area contributed by atoms with Crippen LogP contribution in [0.3, 0.4) is 0 Å². The summed E-state index contributed by atoms with van der Waals surface area (Å²) in [5, 5.41) is 0.387. The molecule has 0 spiro atoms. The molecule has 0 saturated carbocycles. The van der Waals surface area contributed by atoms with Gasteiger partial charge in [-0.2, -0.15) is 4.72 Å². The summed E-state index contributed by atoms with van der Waals surface area (Å²) < 4.78 is 30.3. The van der Waals surface area contributed by atoms with E-state index >= 15 is 0 Å². The normalized spacial score (nSPS) is 11.3. The number of nitrogens with one attached hydrogen (secondary N) is 1. The molecule has 0 unspecified atom stereocenters. The number of halogens is 2. The molecule has 0 amide bonds. The number of rotatable bonds is 5. The number of benzene rings is 1. The summed E-state index contributed by atoms with van der Waals surface area (Å²) in [4.78, 5) is 10.9. The van der Waals surface area contributed by atoms with Gasteiger partial charge in [0, 0.05) is 10.0 Å². The third-order valence-electron chi connectivity index (χ3n) is 1.86. The van der Waals surface area contributed by atoms with Crippen LogP contribution in [-0.4, -0.2) is 27.5 Å². The van der Waals surface area contributed by atoms with E-state index in [1.54, 1.807) is 6.92 Å². The number of sulfonamides is 1. The summed E-state index contributed by atoms with van der Waals surface area (Å²) in [7, 11) is -3.84. The lowest BCUT2D eigenvalue weighted by atomic mass is 10.4. The maximum Gasteiger partial charge on any atom is 0.321 e. The van der Waals surface area contributed by atoms with Crippen LogP contribution in [0.15, 0.2) is 23.1 Å². The molecule has 0 aromatic heterocycles. The summed E-state index contributed by atoms with van der Waals surface area (Å²) in [6, 6.07) is 3.88. The van der Waals surface area contributed by atoms with Gasteiger partial charge in [0.2, 0.25) is 10.0 Å². The number of carbonyl (C=O) groups excluding carboxylic acids is 1. The zero-order valence-electron chi connectivity index (χ0n) is 9.44. The molecule has 1 aromatic carbocycles. The molecule has 8 heteroatoms. The average molecular weight is 312 g/mol. The van der Waals surface area contributed by atoms with Crippen molar-refractivity contribution in [1.82, 2.24) is 4.72 Å². The van der Waals surface area contributed by atoms with Crippen LogP contribution in [-0.2, 0) is 19.6 Å². The van der Waals surface area contributed by atoms with Gasteiger partial charge in [0.15, 0.2) is 0 Å². The lowest BCUT2D eigenvalue weighted by Gasteiger charge is -2.07. The molecule has 5 nitrogen and oxygen atoms in total. The zero-order chi connectivity index (χ0) is 13.8. The summed E-state index contributed by atoms with van der Waals surface area (Å²) in [5.41, 5.74) is 0. The minimum atomic E-state index is -3.84. The average Bonchev–Trinajstić information content (AvgIpc) is 2.26. The predicted octanol–water partition coefficient (Wildman–Crippen LogP) is 1.83. The molecule has 0 radical (unpaired) electrons. The standard InChI is InChI=1S/C10H11Cl2NO4S/c1-2-17-10(14)6-13-18(15,16)9-4-7(11)3-8(12)5-9/h3-5,13H,2,6H2,1H3. The van der Waals surface area contributed by atoms with E-state index in [4.69, 9.17) is 23.2 Å². The lowest BCUT2D eigenvalue weighted by Crippen LogP contribution is -2.30. The number of hydrogen-bond donors (Lipinski definition) is 1. The van der Waals surface area contributed by atoms with Gasteiger partial charge in [-0.3, -0.25) is 4.79 Å². The summed E-state index contributed by atoms with van der Waals surface area (Å²) in [6.07, 6.45) is 0. The van der Waals surface area contributed by atoms with Crippen LogP contribution in [0.1, 0.15) is 6.92 Å². The molecule has 100 valence electrons. The van der Waals surface area contributed by atoms with Crippen molar-refractivity contribution in [3.8, 4) is 0 Å². The smallest absolute Gasteiger partial charge is 0.321 e. The highest BCUT2D eigenvalue weighted by Gasteiger charge is 2.17. The Hall–Kier alpha value is -0.820. The second-order valence-electron chi connectivity index (χ2n) is 3.23. The summed E-state index contributed by atoms with van der Waals surface area (Å²) in [6.45, 7) is 1.37. The molecule has 0 aliphatic heterocycles. The number of hydrogen-bond acceptors (Lipinski definition) is 4. The first-order valence-electron chi connectivity index (χ1n) is 4.96. The first-order chi connectivity index (χ1) is 8.35. The van der Waals surface area contributed by atoms with Gasteiger partial charge < -0.3 is 4.74 Å². The molecule has 0 saturated heterocycles. The van der Waals surface area contributed by atoms with Crippen molar-refractivity contribution < 1.29 is 17.9 Å². The van der Waals surface area contributed by atoms with Crippen LogP contribution in [0.25, 0.3) is 0 Å². The molecule has 0 bridgehead atoms. The first kappa shape index (κ1) is 15.2. The molecule has 1 aromatic rings. The summed E-state index contributed by atoms with van der Waals surface area (Å²) >= 11 is 11.4. The lowest BCUT2D eigenvalue weighted by molar-refractivity contribution is -0.141. The third kappa shape index (κ3) is 4.45. The highest BCUT2D eigenvalue weighted by Crippen LogP contribution is 2.21. The number of carbonyl (C=O) groups is 1. The van der Waals surface area contributed by atoms with E-state index in [0.29, 0.717) is 0 Å². The van der Waals surface area contributed by atoms with Gasteiger partial charge in [0.1, 0.15) is 6.54 Å². The van der Waals surface area contributed by atoms with E-state index in [2.05, 4.69) is 9.46 Å². The van der Waals surface area contributed by atoms with Gasteiger partial charge in [-0.1, -0.05) is 23.2 Å². The Labute approximate surface area is 115 Å². The van der Waals surface area contributed by atoms with Crippen LogP contribution in [0.5, 0.6) is 0 Å². The van der Waals surface area contributed by atoms with Gasteiger partial charge in [-0.05, 0) is 25.1 Å². The zero-order valence-corrected chi connectivity index (χ0v) is 11.8. The van der Waals surface area contributed by atoms with Gasteiger partial charge in [-0.15, -0.1) is 0 Å². The van der Waals surface area contributed by atoms with Gasteiger partial charge in [0.05, 0.1) is 11.5 Å². The van der Waals surface area contributed by atoms with Crippen molar-refractivity contribution in [2.75, 3.05) is 13.2 Å². The largest absolute Gasteiger partial charge is 0.465 e. The maximum absolute atomic E-state index is 11.8. The molecule has 1 N–H and O–H groups in total. The van der Waals surface area contributed by atoms with E-state index < -0.39 is 22.5 Å². The fourth-order valence-corrected chi connectivity index (χ4v) is 2.83. The predicted molar refractivity (Wildman–Crippen MR) is 68.3 cm³/mol. The molecular formula is C10H11Cl2NO4S. The topological polar surface area (TPSA) is 72.5 Å². The van der Waals surface area contributed by atoms with Crippen molar-refractivity contribution in [3.63, 3.8) is 0 Å². The van der Waals surface area contributed by atoms with Crippen LogP contribution in [0, 0.1) is 0 Å². The Kier molecular flexibility index (Phi) is 5.40. The van der Waals surface area contributed by atoms with Crippen LogP contribution < -0.4 is 4.72 Å². The molecule has 0 aliphatic carbocycles. The van der Waals surface area contributed by atoms with Gasteiger partial charge >= 0.3 is 5.97 Å². The Morgan fingerprint density at radius 3 is 2.33 bits per heavy atom. The number of ether oxygens (including phenoxy) is 1. The molecule has 18 heavy (non-hydrogen) atoms. The van der Waals surface area contributed by atoms with Gasteiger partial charge in [0.25, 0.3) is 0 Å². The van der Waals surface area contributed by atoms with Crippen molar-refractivity contribution in [1.29, 1.82) is 0 Å². The van der Waals surface area contributed by atoms with Crippen molar-refractivity contribution in [2.24, 2.45) is 0 Å². The third-order valence-corrected chi connectivity index (χ3v) is 3.68. The number of esters is 1. The van der Waals surface area contributed by atoms with E-state index in [0.717, 1.165) is 0 Å². The van der Waals surface area contributed by atoms with E-state index in [1.165, 1.54) is 18.2 Å². The highest BCUT2D eigenvalue weighted by atomic mass is 35.5. The molecule has 0 aliphatic rings. The van der Waals surface area contributed by atoms with Gasteiger partial charge in [-0.25, -0.2) is 8.42 Å². The van der Waals surface area contributed by atoms with Crippen LogP contribution in [0.4, 0.5) is 0 Å². The Morgan fingerprint density at radius 1 is 1.28 bits per heavy atom. The van der Waals surface area contributed by atoms with Crippen molar-refractivity contribution >= 4 is 39.2 Å². The van der Waals surface area contributed by atoms with Crippen LogP contribution >= 0.6 is 23.2 Å². The Bertz CT molecular complexity index is 525. The monoisotopic (exact) mass is 311 g/mol. The first-order valence-corrected chi connectivity index (χ1v) is 7.20. The molecule has 0 atom stereocenters. The van der Waals surface area contributed by atoms with E-state index in [9.17, 15) is 13.2 Å². The van der Waals surface area contributed by atoms with Crippen molar-refractivity contribution in [3.05, 3.63) is 28.2 Å². The molecule has 0 fully saturated rings. The molecule has 0 heterocycles. The molecule has 1 rings (SSSR count). The fraction of sp³-hybridized carbons (Fsp3) is 0.300. The minimum absolute atomic E-state index is 0.107.